The van der Waals surface area contributed by atoms with E-state index in [1.54, 1.807) is 0 Å². The summed E-state index contributed by atoms with van der Waals surface area (Å²) < 4.78 is 1.35. The molecule has 0 aliphatic carbocycles. The molecule has 3 aromatic rings. The fourth-order valence-corrected chi connectivity index (χ4v) is 2.69. The highest BCUT2D eigenvalue weighted by atomic mass is 16.3. The van der Waals surface area contributed by atoms with Crippen molar-refractivity contribution in [1.82, 2.24) is 19.6 Å². The molecule has 0 atom stereocenters. The molecule has 2 heterocycles. The van der Waals surface area contributed by atoms with Crippen LogP contribution in [0.2, 0.25) is 0 Å². The third kappa shape index (κ3) is 2.69. The first kappa shape index (κ1) is 15.9. The molecule has 0 fully saturated rings. The van der Waals surface area contributed by atoms with Crippen LogP contribution >= 0.6 is 0 Å². The van der Waals surface area contributed by atoms with E-state index in [1.807, 2.05) is 45.0 Å². The van der Waals surface area contributed by atoms with Crippen molar-refractivity contribution in [2.75, 3.05) is 0 Å². The average molecular weight is 321 g/mol. The predicted molar refractivity (Wildman–Crippen MR) is 89.7 cm³/mol. The van der Waals surface area contributed by atoms with Gasteiger partial charge in [-0.2, -0.15) is 19.9 Å². The number of fused-ring (bicyclic) bond motifs is 1. The number of hydrogen-bond acceptors (Lipinski definition) is 5. The van der Waals surface area contributed by atoms with Gasteiger partial charge in [0.1, 0.15) is 6.33 Å². The van der Waals surface area contributed by atoms with Gasteiger partial charge in [-0.15, -0.1) is 0 Å². The molecule has 0 saturated heterocycles. The minimum absolute atomic E-state index is 0.0794. The molecule has 0 amide bonds. The summed E-state index contributed by atoms with van der Waals surface area (Å²) in [5, 5.41) is 23.8. The van der Waals surface area contributed by atoms with Gasteiger partial charge in [0.15, 0.2) is 0 Å². The molecule has 0 aliphatic heterocycles. The van der Waals surface area contributed by atoms with E-state index in [1.165, 1.54) is 10.8 Å². The summed E-state index contributed by atoms with van der Waals surface area (Å²) in [6.07, 6.45) is 2.63. The van der Waals surface area contributed by atoms with Gasteiger partial charge in [0.05, 0.1) is 17.2 Å². The maximum atomic E-state index is 10.5. The molecule has 0 saturated carbocycles. The Morgan fingerprint density at radius 3 is 2.58 bits per heavy atom. The molecule has 0 bridgehead atoms. The van der Waals surface area contributed by atoms with Gasteiger partial charge in [0.25, 0.3) is 5.78 Å². The SMILES string of the molecule is CCc1nc2ncnn2c(O)c1Cc1ccc(C(C)(C)C#N)cc1. The van der Waals surface area contributed by atoms with Crippen LogP contribution in [0.25, 0.3) is 5.78 Å². The monoisotopic (exact) mass is 321 g/mol. The Hall–Kier alpha value is -2.94. The molecule has 3 rings (SSSR count). The number of nitrogens with zero attached hydrogens (tertiary/aromatic N) is 5. The number of hydrogen-bond donors (Lipinski definition) is 1. The first-order valence-corrected chi connectivity index (χ1v) is 7.87. The largest absolute Gasteiger partial charge is 0.493 e. The minimum Gasteiger partial charge on any atom is -0.493 e. The van der Waals surface area contributed by atoms with Crippen molar-refractivity contribution in [3.63, 3.8) is 0 Å². The van der Waals surface area contributed by atoms with Crippen LogP contribution in [-0.4, -0.2) is 24.7 Å². The fourth-order valence-electron chi connectivity index (χ4n) is 2.69. The highest BCUT2D eigenvalue weighted by molar-refractivity contribution is 5.43. The third-order valence-electron chi connectivity index (χ3n) is 4.25. The van der Waals surface area contributed by atoms with E-state index in [0.29, 0.717) is 18.6 Å². The van der Waals surface area contributed by atoms with Crippen LogP contribution in [0.3, 0.4) is 0 Å². The Morgan fingerprint density at radius 2 is 1.96 bits per heavy atom. The lowest BCUT2D eigenvalue weighted by Crippen LogP contribution is -2.13. The molecule has 0 unspecified atom stereocenters. The molecule has 0 aliphatic rings. The van der Waals surface area contributed by atoms with Gasteiger partial charge in [-0.3, -0.25) is 0 Å². The first-order chi connectivity index (χ1) is 11.5. The van der Waals surface area contributed by atoms with E-state index in [9.17, 15) is 10.4 Å². The molecule has 6 nitrogen and oxygen atoms in total. The van der Waals surface area contributed by atoms with Crippen molar-refractivity contribution in [2.45, 2.75) is 39.0 Å². The number of rotatable bonds is 4. The fraction of sp³-hybridized carbons (Fsp3) is 0.333. The number of aromatic nitrogens is 4. The molecule has 0 spiro atoms. The standard InChI is InChI=1S/C18H19N5O/c1-4-15-14(16(24)23-17(22-15)20-11-21-23)9-12-5-7-13(8-6-12)18(2,3)10-19/h5-8,11,24H,4,9H2,1-3H3. The number of benzene rings is 1. The smallest absolute Gasteiger partial charge is 0.255 e. The zero-order valence-corrected chi connectivity index (χ0v) is 14.0. The van der Waals surface area contributed by atoms with Gasteiger partial charge in [0.2, 0.25) is 5.88 Å². The van der Waals surface area contributed by atoms with Gasteiger partial charge < -0.3 is 5.11 Å². The number of aromatic hydroxyl groups is 1. The van der Waals surface area contributed by atoms with E-state index in [2.05, 4.69) is 21.1 Å². The zero-order chi connectivity index (χ0) is 17.3. The molecular weight excluding hydrogens is 302 g/mol. The molecular formula is C18H19N5O. The van der Waals surface area contributed by atoms with Gasteiger partial charge >= 0.3 is 0 Å². The van der Waals surface area contributed by atoms with Crippen LogP contribution < -0.4 is 0 Å². The summed E-state index contributed by atoms with van der Waals surface area (Å²) in [7, 11) is 0. The van der Waals surface area contributed by atoms with E-state index < -0.39 is 5.41 Å². The van der Waals surface area contributed by atoms with Crippen molar-refractivity contribution in [2.24, 2.45) is 0 Å². The third-order valence-corrected chi connectivity index (χ3v) is 4.25. The summed E-state index contributed by atoms with van der Waals surface area (Å²) in [6.45, 7) is 5.79. The Kier molecular flexibility index (Phi) is 3.94. The topological polar surface area (TPSA) is 87.1 Å². The Bertz CT molecular complexity index is 919. The summed E-state index contributed by atoms with van der Waals surface area (Å²) in [5.41, 5.74) is 3.06. The first-order valence-electron chi connectivity index (χ1n) is 7.87. The van der Waals surface area contributed by atoms with E-state index in [-0.39, 0.29) is 5.88 Å². The number of aryl methyl sites for hydroxylation is 1. The van der Waals surface area contributed by atoms with Crippen LogP contribution in [0.5, 0.6) is 5.88 Å². The van der Waals surface area contributed by atoms with Crippen LogP contribution in [0.4, 0.5) is 0 Å². The normalized spacial score (nSPS) is 11.6. The quantitative estimate of drug-likeness (QED) is 0.798. The van der Waals surface area contributed by atoms with Crippen LogP contribution in [0.15, 0.2) is 30.6 Å². The van der Waals surface area contributed by atoms with Gasteiger partial charge in [-0.25, -0.2) is 4.98 Å². The van der Waals surface area contributed by atoms with Gasteiger partial charge in [0, 0.05) is 12.0 Å². The molecule has 24 heavy (non-hydrogen) atoms. The predicted octanol–water partition coefficient (Wildman–Crippen LogP) is 2.78. The molecule has 2 aromatic heterocycles. The van der Waals surface area contributed by atoms with Crippen molar-refractivity contribution in [3.8, 4) is 11.9 Å². The Morgan fingerprint density at radius 1 is 1.25 bits per heavy atom. The van der Waals surface area contributed by atoms with Crippen LogP contribution in [-0.2, 0) is 18.3 Å². The van der Waals surface area contributed by atoms with E-state index in [4.69, 9.17) is 0 Å². The minimum atomic E-state index is -0.517. The lowest BCUT2D eigenvalue weighted by molar-refractivity contribution is 0.427. The van der Waals surface area contributed by atoms with Crippen molar-refractivity contribution < 1.29 is 5.11 Å². The summed E-state index contributed by atoms with van der Waals surface area (Å²) in [5.74, 6) is 0.481. The highest BCUT2D eigenvalue weighted by Gasteiger charge is 2.20. The second-order valence-electron chi connectivity index (χ2n) is 6.30. The van der Waals surface area contributed by atoms with Crippen molar-refractivity contribution in [1.29, 1.82) is 5.26 Å². The molecule has 0 radical (unpaired) electrons. The average Bonchev–Trinajstić information content (AvgIpc) is 3.06. The molecule has 1 aromatic carbocycles. The summed E-state index contributed by atoms with van der Waals surface area (Å²) in [4.78, 5) is 8.50. The Labute approximate surface area is 140 Å². The van der Waals surface area contributed by atoms with Crippen LogP contribution in [0.1, 0.15) is 43.2 Å². The summed E-state index contributed by atoms with van der Waals surface area (Å²) >= 11 is 0. The van der Waals surface area contributed by atoms with Gasteiger partial charge in [-0.1, -0.05) is 31.2 Å². The highest BCUT2D eigenvalue weighted by Crippen LogP contribution is 2.26. The van der Waals surface area contributed by atoms with Crippen molar-refractivity contribution >= 4 is 5.78 Å². The lowest BCUT2D eigenvalue weighted by atomic mass is 9.85. The van der Waals surface area contributed by atoms with E-state index in [0.717, 1.165) is 22.4 Å². The zero-order valence-electron chi connectivity index (χ0n) is 14.0. The lowest BCUT2D eigenvalue weighted by Gasteiger charge is -2.16. The number of nitriles is 1. The molecule has 6 heteroatoms. The summed E-state index contributed by atoms with van der Waals surface area (Å²) in [6, 6.07) is 10.2. The van der Waals surface area contributed by atoms with Gasteiger partial charge in [-0.05, 0) is 31.4 Å². The molecule has 122 valence electrons. The maximum absolute atomic E-state index is 10.5. The maximum Gasteiger partial charge on any atom is 0.255 e. The molecule has 1 N–H and O–H groups in total. The van der Waals surface area contributed by atoms with E-state index >= 15 is 0 Å². The second kappa shape index (κ2) is 5.93. The van der Waals surface area contributed by atoms with Crippen molar-refractivity contribution in [3.05, 3.63) is 53.0 Å². The Balaban J connectivity index is 1.98. The second-order valence-corrected chi connectivity index (χ2v) is 6.30. The van der Waals surface area contributed by atoms with Crippen LogP contribution in [0, 0.1) is 11.3 Å².